The van der Waals surface area contributed by atoms with Crippen LogP contribution in [0.2, 0.25) is 0 Å². The van der Waals surface area contributed by atoms with Gasteiger partial charge >= 0.3 is 0 Å². The van der Waals surface area contributed by atoms with Gasteiger partial charge in [-0.2, -0.15) is 0 Å². The maximum Gasteiger partial charge on any atom is 0.246 e. The third kappa shape index (κ3) is 2.48. The fraction of sp³-hybridized carbons (Fsp3) is 0.333. The summed E-state index contributed by atoms with van der Waals surface area (Å²) >= 11 is 0. The Labute approximate surface area is 70.9 Å². The molecule has 57 valence electrons. The van der Waals surface area contributed by atoms with Crippen LogP contribution >= 0.6 is 0 Å². The van der Waals surface area contributed by atoms with E-state index in [1.54, 1.807) is 0 Å². The Morgan fingerprint density at radius 1 is 1.36 bits per heavy atom. The standard InChI is InChI=1S/C9H11OSi/c1-8-4-2-3-5-9(8)6-7-10-11/h2-5H,6-7H2,1H3. The van der Waals surface area contributed by atoms with E-state index >= 15 is 0 Å². The van der Waals surface area contributed by atoms with E-state index in [-0.39, 0.29) is 0 Å². The third-order valence-electron chi connectivity index (χ3n) is 1.73. The van der Waals surface area contributed by atoms with Crippen molar-refractivity contribution in [2.24, 2.45) is 0 Å². The molecule has 2 heteroatoms. The number of rotatable bonds is 3. The van der Waals surface area contributed by atoms with Gasteiger partial charge in [0, 0.05) is 6.61 Å². The summed E-state index contributed by atoms with van der Waals surface area (Å²) in [7, 11) is 2.98. The van der Waals surface area contributed by atoms with Crippen LogP contribution in [-0.4, -0.2) is 17.1 Å². The molecule has 0 bridgehead atoms. The Morgan fingerprint density at radius 3 is 2.73 bits per heavy atom. The molecule has 0 unspecified atom stereocenters. The van der Waals surface area contributed by atoms with Gasteiger partial charge in [0.25, 0.3) is 0 Å². The third-order valence-corrected chi connectivity index (χ3v) is 1.94. The van der Waals surface area contributed by atoms with E-state index in [0.717, 1.165) is 13.0 Å². The van der Waals surface area contributed by atoms with Gasteiger partial charge in [-0.25, -0.2) is 0 Å². The predicted octanol–water partition coefficient (Wildman–Crippen LogP) is 1.64. The zero-order valence-electron chi connectivity index (χ0n) is 6.63. The van der Waals surface area contributed by atoms with Crippen molar-refractivity contribution < 1.29 is 4.43 Å². The van der Waals surface area contributed by atoms with Crippen molar-refractivity contribution in [1.82, 2.24) is 0 Å². The molecule has 0 aliphatic rings. The Kier molecular flexibility index (Phi) is 3.33. The highest BCUT2D eigenvalue weighted by molar-refractivity contribution is 5.97. The van der Waals surface area contributed by atoms with Crippen molar-refractivity contribution >= 4 is 10.5 Å². The topological polar surface area (TPSA) is 9.23 Å². The molecule has 0 heterocycles. The molecule has 0 aliphatic heterocycles. The highest BCUT2D eigenvalue weighted by atomic mass is 28.2. The minimum Gasteiger partial charge on any atom is -0.418 e. The maximum absolute atomic E-state index is 4.81. The van der Waals surface area contributed by atoms with Gasteiger partial charge in [-0.3, -0.25) is 0 Å². The van der Waals surface area contributed by atoms with Crippen molar-refractivity contribution in [3.63, 3.8) is 0 Å². The molecule has 0 saturated carbocycles. The average Bonchev–Trinajstić information content (AvgIpc) is 2.03. The van der Waals surface area contributed by atoms with Crippen LogP contribution in [0.5, 0.6) is 0 Å². The van der Waals surface area contributed by atoms with Crippen LogP contribution in [0.25, 0.3) is 0 Å². The normalized spacial score (nSPS) is 10.0. The van der Waals surface area contributed by atoms with E-state index < -0.39 is 0 Å². The molecule has 1 nitrogen and oxygen atoms in total. The van der Waals surface area contributed by atoms with Crippen LogP contribution in [0.3, 0.4) is 0 Å². The molecular weight excluding hydrogens is 152 g/mol. The highest BCUT2D eigenvalue weighted by Gasteiger charge is 1.94. The number of aryl methyl sites for hydroxylation is 1. The molecule has 1 aromatic rings. The van der Waals surface area contributed by atoms with Crippen molar-refractivity contribution in [1.29, 1.82) is 0 Å². The van der Waals surface area contributed by atoms with E-state index in [9.17, 15) is 0 Å². The molecule has 0 saturated heterocycles. The van der Waals surface area contributed by atoms with E-state index in [4.69, 9.17) is 4.43 Å². The molecular formula is C9H11OSi. The van der Waals surface area contributed by atoms with E-state index in [2.05, 4.69) is 35.6 Å². The lowest BCUT2D eigenvalue weighted by atomic mass is 10.1. The van der Waals surface area contributed by atoms with Gasteiger partial charge in [0.05, 0.1) is 0 Å². The maximum atomic E-state index is 4.81. The van der Waals surface area contributed by atoms with Crippen LogP contribution in [-0.2, 0) is 10.8 Å². The fourth-order valence-corrected chi connectivity index (χ4v) is 1.15. The molecule has 0 aromatic heterocycles. The molecule has 0 aliphatic carbocycles. The van der Waals surface area contributed by atoms with Crippen molar-refractivity contribution in [3.8, 4) is 0 Å². The Morgan fingerprint density at radius 2 is 2.09 bits per heavy atom. The van der Waals surface area contributed by atoms with Crippen molar-refractivity contribution in [2.75, 3.05) is 6.61 Å². The van der Waals surface area contributed by atoms with Crippen LogP contribution in [0.15, 0.2) is 24.3 Å². The van der Waals surface area contributed by atoms with Crippen LogP contribution in [0.4, 0.5) is 0 Å². The van der Waals surface area contributed by atoms with Gasteiger partial charge in [0.1, 0.15) is 0 Å². The van der Waals surface area contributed by atoms with Gasteiger partial charge in [0.15, 0.2) is 0 Å². The smallest absolute Gasteiger partial charge is 0.246 e. The minimum atomic E-state index is 0.724. The number of hydrogen-bond donors (Lipinski definition) is 0. The lowest BCUT2D eigenvalue weighted by Gasteiger charge is -2.03. The van der Waals surface area contributed by atoms with Crippen LogP contribution in [0.1, 0.15) is 11.1 Å². The van der Waals surface area contributed by atoms with Gasteiger partial charge in [-0.1, -0.05) is 24.3 Å². The van der Waals surface area contributed by atoms with E-state index in [0.29, 0.717) is 0 Å². The van der Waals surface area contributed by atoms with Gasteiger partial charge in [-0.05, 0) is 24.5 Å². The molecule has 1 aromatic carbocycles. The summed E-state index contributed by atoms with van der Waals surface area (Å²) in [6.45, 7) is 2.84. The predicted molar refractivity (Wildman–Crippen MR) is 46.6 cm³/mol. The zero-order chi connectivity index (χ0) is 8.10. The summed E-state index contributed by atoms with van der Waals surface area (Å²) in [6.07, 6.45) is 0.968. The molecule has 0 spiro atoms. The first-order valence-electron chi connectivity index (χ1n) is 3.67. The molecule has 0 atom stereocenters. The van der Waals surface area contributed by atoms with Crippen molar-refractivity contribution in [2.45, 2.75) is 13.3 Å². The molecule has 0 fully saturated rings. The van der Waals surface area contributed by atoms with Crippen LogP contribution < -0.4 is 0 Å². The Bertz CT molecular complexity index is 223. The molecule has 1 rings (SSSR count). The highest BCUT2D eigenvalue weighted by Crippen LogP contribution is 2.06. The first-order valence-corrected chi connectivity index (χ1v) is 4.08. The molecule has 0 amide bonds. The first kappa shape index (κ1) is 8.49. The summed E-state index contributed by atoms with van der Waals surface area (Å²) < 4.78 is 4.81. The van der Waals surface area contributed by atoms with Gasteiger partial charge < -0.3 is 4.43 Å². The minimum absolute atomic E-state index is 0.724. The summed E-state index contributed by atoms with van der Waals surface area (Å²) in [4.78, 5) is 0. The first-order chi connectivity index (χ1) is 5.34. The monoisotopic (exact) mass is 163 g/mol. The fourth-order valence-electron chi connectivity index (χ4n) is 1.05. The Hall–Kier alpha value is -0.603. The number of hydrogen-bond acceptors (Lipinski definition) is 1. The van der Waals surface area contributed by atoms with Crippen molar-refractivity contribution in [3.05, 3.63) is 35.4 Å². The molecule has 0 N–H and O–H groups in total. The quantitative estimate of drug-likeness (QED) is 0.615. The lowest BCUT2D eigenvalue weighted by Crippen LogP contribution is -1.96. The second-order valence-corrected chi connectivity index (χ2v) is 2.81. The zero-order valence-corrected chi connectivity index (χ0v) is 7.63. The van der Waals surface area contributed by atoms with Gasteiger partial charge in [-0.15, -0.1) is 0 Å². The van der Waals surface area contributed by atoms with E-state index in [1.807, 2.05) is 6.07 Å². The van der Waals surface area contributed by atoms with Crippen LogP contribution in [0, 0.1) is 6.92 Å². The lowest BCUT2D eigenvalue weighted by molar-refractivity contribution is 0.354. The Balaban J connectivity index is 2.62. The molecule has 11 heavy (non-hydrogen) atoms. The average molecular weight is 163 g/mol. The largest absolute Gasteiger partial charge is 0.418 e. The second kappa shape index (κ2) is 4.31. The summed E-state index contributed by atoms with van der Waals surface area (Å²) in [5.41, 5.74) is 2.68. The molecule has 3 radical (unpaired) electrons. The summed E-state index contributed by atoms with van der Waals surface area (Å²) in [5, 5.41) is 0. The SMILES string of the molecule is Cc1ccccc1CCO[Si]. The summed E-state index contributed by atoms with van der Waals surface area (Å²) in [5.74, 6) is 0. The number of benzene rings is 1. The second-order valence-electron chi connectivity index (χ2n) is 2.52. The van der Waals surface area contributed by atoms with Gasteiger partial charge in [0.2, 0.25) is 10.5 Å². The summed E-state index contributed by atoms with van der Waals surface area (Å²) in [6, 6.07) is 8.34. The van der Waals surface area contributed by atoms with E-state index in [1.165, 1.54) is 11.1 Å².